The Morgan fingerprint density at radius 1 is 1.08 bits per heavy atom. The first-order valence-electron chi connectivity index (χ1n) is 5.83. The van der Waals surface area contributed by atoms with Crippen molar-refractivity contribution < 1.29 is 0 Å². The van der Waals surface area contributed by atoms with Crippen molar-refractivity contribution in [2.24, 2.45) is 23.7 Å². The van der Waals surface area contributed by atoms with E-state index >= 15 is 0 Å². The van der Waals surface area contributed by atoms with Crippen LogP contribution in [0.3, 0.4) is 0 Å². The average Bonchev–Trinajstić information content (AvgIpc) is 2.88. The fourth-order valence-electron chi connectivity index (χ4n) is 2.76. The Morgan fingerprint density at radius 3 is 2.08 bits per heavy atom. The van der Waals surface area contributed by atoms with E-state index in [1.165, 1.54) is 25.7 Å². The summed E-state index contributed by atoms with van der Waals surface area (Å²) >= 11 is 0. The summed E-state index contributed by atoms with van der Waals surface area (Å²) in [5.74, 6) is 4.42. The molecule has 0 aliphatic heterocycles. The Hall–Kier alpha value is 0. The van der Waals surface area contributed by atoms with Crippen LogP contribution in [0.4, 0.5) is 0 Å². The van der Waals surface area contributed by atoms with Crippen LogP contribution in [0.2, 0.25) is 0 Å². The van der Waals surface area contributed by atoms with E-state index in [0.717, 1.165) is 23.7 Å². The average molecular weight is 166 g/mol. The fourth-order valence-corrected chi connectivity index (χ4v) is 2.76. The van der Waals surface area contributed by atoms with Gasteiger partial charge in [0.25, 0.3) is 0 Å². The maximum atomic E-state index is 2.51. The zero-order chi connectivity index (χ0) is 8.55. The van der Waals surface area contributed by atoms with E-state index in [2.05, 4.69) is 13.8 Å². The second-order valence-corrected chi connectivity index (χ2v) is 4.99. The third-order valence-corrected chi connectivity index (χ3v) is 3.89. The van der Waals surface area contributed by atoms with Gasteiger partial charge < -0.3 is 0 Å². The normalized spacial score (nSPS) is 28.5. The molecule has 70 valence electrons. The van der Waals surface area contributed by atoms with Crippen molar-refractivity contribution in [2.45, 2.75) is 52.4 Å². The van der Waals surface area contributed by atoms with Gasteiger partial charge in [0, 0.05) is 0 Å². The van der Waals surface area contributed by atoms with Gasteiger partial charge in [-0.3, -0.25) is 0 Å². The van der Waals surface area contributed by atoms with E-state index in [1.54, 1.807) is 12.8 Å². The van der Waals surface area contributed by atoms with Crippen molar-refractivity contribution in [3.05, 3.63) is 0 Å². The highest BCUT2D eigenvalue weighted by molar-refractivity contribution is 4.90. The lowest BCUT2D eigenvalue weighted by atomic mass is 9.83. The van der Waals surface area contributed by atoms with Gasteiger partial charge in [-0.25, -0.2) is 0 Å². The largest absolute Gasteiger partial charge is 0.0654 e. The zero-order valence-corrected chi connectivity index (χ0v) is 8.55. The molecule has 2 atom stereocenters. The number of hydrogen-bond donors (Lipinski definition) is 0. The molecule has 0 aromatic rings. The minimum Gasteiger partial charge on any atom is -0.0654 e. The van der Waals surface area contributed by atoms with Crippen LogP contribution < -0.4 is 0 Å². The van der Waals surface area contributed by atoms with Crippen LogP contribution >= 0.6 is 0 Å². The molecular weight excluding hydrogens is 144 g/mol. The first kappa shape index (κ1) is 8.59. The fraction of sp³-hybridized carbons (Fsp3) is 1.00. The predicted molar refractivity (Wildman–Crippen MR) is 53.0 cm³/mol. The van der Waals surface area contributed by atoms with Crippen LogP contribution in [0.5, 0.6) is 0 Å². The maximum absolute atomic E-state index is 2.51. The van der Waals surface area contributed by atoms with Crippen LogP contribution in [-0.2, 0) is 0 Å². The molecule has 2 rings (SSSR count). The quantitative estimate of drug-likeness (QED) is 0.582. The highest BCUT2D eigenvalue weighted by Gasteiger charge is 2.40. The molecule has 2 fully saturated rings. The Morgan fingerprint density at radius 2 is 1.67 bits per heavy atom. The molecule has 0 amide bonds. The molecule has 0 saturated heterocycles. The van der Waals surface area contributed by atoms with Crippen LogP contribution in [-0.4, -0.2) is 0 Å². The molecular formula is C12H22. The lowest BCUT2D eigenvalue weighted by Gasteiger charge is -2.23. The second-order valence-electron chi connectivity index (χ2n) is 4.99. The van der Waals surface area contributed by atoms with Crippen molar-refractivity contribution >= 4 is 0 Å². The van der Waals surface area contributed by atoms with Gasteiger partial charge in [-0.15, -0.1) is 0 Å². The molecule has 0 heteroatoms. The summed E-state index contributed by atoms with van der Waals surface area (Å²) in [6.07, 6.45) is 9.06. The predicted octanol–water partition coefficient (Wildman–Crippen LogP) is 3.86. The Kier molecular flexibility index (Phi) is 2.43. The summed E-state index contributed by atoms with van der Waals surface area (Å²) in [6, 6.07) is 0. The van der Waals surface area contributed by atoms with Gasteiger partial charge in [0.1, 0.15) is 0 Å². The molecule has 0 aromatic heterocycles. The zero-order valence-electron chi connectivity index (χ0n) is 8.55. The Bertz CT molecular complexity index is 142. The van der Waals surface area contributed by atoms with Crippen LogP contribution in [0.1, 0.15) is 52.4 Å². The molecule has 2 aliphatic rings. The van der Waals surface area contributed by atoms with E-state index in [9.17, 15) is 0 Å². The topological polar surface area (TPSA) is 0 Å². The molecule has 0 aromatic carbocycles. The van der Waals surface area contributed by atoms with Gasteiger partial charge >= 0.3 is 0 Å². The van der Waals surface area contributed by atoms with Gasteiger partial charge in [-0.05, 0) is 49.4 Å². The molecule has 2 unspecified atom stereocenters. The molecule has 2 saturated carbocycles. The first-order chi connectivity index (χ1) is 5.83. The van der Waals surface area contributed by atoms with Crippen LogP contribution in [0, 0.1) is 23.7 Å². The highest BCUT2D eigenvalue weighted by Crippen LogP contribution is 2.50. The van der Waals surface area contributed by atoms with Crippen LogP contribution in [0.25, 0.3) is 0 Å². The molecule has 0 heterocycles. The van der Waals surface area contributed by atoms with Gasteiger partial charge in [0.2, 0.25) is 0 Å². The van der Waals surface area contributed by atoms with Crippen LogP contribution in [0.15, 0.2) is 0 Å². The summed E-state index contributed by atoms with van der Waals surface area (Å²) in [4.78, 5) is 0. The SMILES string of the molecule is CCCC(C1CC1)C(C)C1CC1. The molecule has 0 spiro atoms. The summed E-state index contributed by atoms with van der Waals surface area (Å²) in [5, 5.41) is 0. The number of rotatable bonds is 5. The summed E-state index contributed by atoms with van der Waals surface area (Å²) < 4.78 is 0. The molecule has 0 radical (unpaired) electrons. The Balaban J connectivity index is 1.84. The highest BCUT2D eigenvalue weighted by atomic mass is 14.4. The van der Waals surface area contributed by atoms with Crippen molar-refractivity contribution in [3.8, 4) is 0 Å². The van der Waals surface area contributed by atoms with E-state index in [-0.39, 0.29) is 0 Å². The lowest BCUT2D eigenvalue weighted by Crippen LogP contribution is -2.15. The van der Waals surface area contributed by atoms with E-state index < -0.39 is 0 Å². The first-order valence-corrected chi connectivity index (χ1v) is 5.83. The monoisotopic (exact) mass is 166 g/mol. The van der Waals surface area contributed by atoms with E-state index in [1.807, 2.05) is 0 Å². The third kappa shape index (κ3) is 1.84. The van der Waals surface area contributed by atoms with Crippen molar-refractivity contribution in [3.63, 3.8) is 0 Å². The minimum absolute atomic E-state index is 1.05. The van der Waals surface area contributed by atoms with E-state index in [0.29, 0.717) is 0 Å². The van der Waals surface area contributed by atoms with Crippen molar-refractivity contribution in [1.29, 1.82) is 0 Å². The summed E-state index contributed by atoms with van der Waals surface area (Å²) in [6.45, 7) is 4.85. The van der Waals surface area contributed by atoms with Gasteiger partial charge in [-0.1, -0.05) is 26.7 Å². The molecule has 0 N–H and O–H groups in total. The van der Waals surface area contributed by atoms with Crippen molar-refractivity contribution in [1.82, 2.24) is 0 Å². The van der Waals surface area contributed by atoms with Gasteiger partial charge in [-0.2, -0.15) is 0 Å². The standard InChI is InChI=1S/C12H22/c1-3-4-12(11-7-8-11)9(2)10-5-6-10/h9-12H,3-8H2,1-2H3. The smallest absolute Gasteiger partial charge is 0.0358 e. The van der Waals surface area contributed by atoms with E-state index in [4.69, 9.17) is 0 Å². The second kappa shape index (κ2) is 3.40. The third-order valence-electron chi connectivity index (χ3n) is 3.89. The molecule has 12 heavy (non-hydrogen) atoms. The minimum atomic E-state index is 1.05. The maximum Gasteiger partial charge on any atom is -0.0358 e. The molecule has 0 nitrogen and oxygen atoms in total. The summed E-state index contributed by atoms with van der Waals surface area (Å²) in [7, 11) is 0. The summed E-state index contributed by atoms with van der Waals surface area (Å²) in [5.41, 5.74) is 0. The number of hydrogen-bond acceptors (Lipinski definition) is 0. The van der Waals surface area contributed by atoms with Crippen molar-refractivity contribution in [2.75, 3.05) is 0 Å². The van der Waals surface area contributed by atoms with Gasteiger partial charge in [0.15, 0.2) is 0 Å². The van der Waals surface area contributed by atoms with Gasteiger partial charge in [0.05, 0.1) is 0 Å². The lowest BCUT2D eigenvalue weighted by molar-refractivity contribution is 0.266. The molecule has 0 bridgehead atoms. The Labute approximate surface area is 76.7 Å². The molecule has 2 aliphatic carbocycles.